The maximum absolute atomic E-state index is 10.3. The third-order valence-corrected chi connectivity index (χ3v) is 3.13. The smallest absolute Gasteiger partial charge is 0.295 e. The minimum Gasteiger partial charge on any atom is -0.444 e. The van der Waals surface area contributed by atoms with Crippen molar-refractivity contribution in [1.82, 2.24) is 4.57 Å². The number of rotatable bonds is 4. The average Bonchev–Trinajstić information content (AvgIpc) is 2.82. The molecule has 0 aliphatic rings. The van der Waals surface area contributed by atoms with Gasteiger partial charge in [0, 0.05) is 17.4 Å². The van der Waals surface area contributed by atoms with Crippen molar-refractivity contribution in [3.8, 4) is 11.1 Å². The number of aryl methyl sites for hydroxylation is 1. The summed E-state index contributed by atoms with van der Waals surface area (Å²) >= 11 is 6.01. The molecule has 0 spiro atoms. The molecule has 2 rings (SSSR count). The first kappa shape index (κ1) is 12.7. The molecule has 1 heterocycles. The number of aromatic nitrogens is 1. The number of nitrogens with zero attached hydrogens (tertiary/aromatic N) is 1. The van der Waals surface area contributed by atoms with Gasteiger partial charge < -0.3 is 9.30 Å². The first-order chi connectivity index (χ1) is 8.61. The van der Waals surface area contributed by atoms with Crippen LogP contribution in [-0.4, -0.2) is 11.0 Å². The lowest BCUT2D eigenvalue weighted by Gasteiger charge is -2.10. The Kier molecular flexibility index (Phi) is 3.72. The number of hydrogen-bond donors (Lipinski definition) is 0. The van der Waals surface area contributed by atoms with Gasteiger partial charge in [-0.15, -0.1) is 0 Å². The van der Waals surface area contributed by atoms with Crippen molar-refractivity contribution < 1.29 is 9.53 Å². The van der Waals surface area contributed by atoms with E-state index < -0.39 is 0 Å². The van der Waals surface area contributed by atoms with Gasteiger partial charge >= 0.3 is 0 Å². The molecule has 0 N–H and O–H groups in total. The van der Waals surface area contributed by atoms with Crippen molar-refractivity contribution in [1.29, 1.82) is 0 Å². The number of ether oxygens (including phenoxy) is 1. The van der Waals surface area contributed by atoms with Crippen molar-refractivity contribution in [3.63, 3.8) is 0 Å². The Morgan fingerprint density at radius 3 is 2.89 bits per heavy atom. The van der Waals surface area contributed by atoms with Crippen LogP contribution in [0.15, 0.2) is 36.7 Å². The van der Waals surface area contributed by atoms with Gasteiger partial charge in [0.2, 0.25) is 0 Å². The molecule has 0 saturated heterocycles. The molecule has 18 heavy (non-hydrogen) atoms. The van der Waals surface area contributed by atoms with E-state index >= 15 is 0 Å². The lowest BCUT2D eigenvalue weighted by Crippen LogP contribution is -2.05. The molecule has 0 bridgehead atoms. The van der Waals surface area contributed by atoms with Gasteiger partial charge in [0.15, 0.2) is 6.23 Å². The Bertz CT molecular complexity index is 563. The summed E-state index contributed by atoms with van der Waals surface area (Å²) in [4.78, 5) is 10.3. The Labute approximate surface area is 111 Å². The fourth-order valence-electron chi connectivity index (χ4n) is 1.85. The molecule has 0 fully saturated rings. The van der Waals surface area contributed by atoms with Gasteiger partial charge in [-0.3, -0.25) is 4.79 Å². The average molecular weight is 264 g/mol. The van der Waals surface area contributed by atoms with E-state index in [0.29, 0.717) is 11.5 Å². The minimum atomic E-state index is -0.309. The summed E-state index contributed by atoms with van der Waals surface area (Å²) in [5, 5.41) is 0.709. The van der Waals surface area contributed by atoms with Gasteiger partial charge in [0.1, 0.15) is 0 Å². The van der Waals surface area contributed by atoms with E-state index in [9.17, 15) is 4.79 Å². The molecular weight excluding hydrogens is 250 g/mol. The zero-order valence-corrected chi connectivity index (χ0v) is 11.0. The van der Waals surface area contributed by atoms with Crippen LogP contribution in [0.1, 0.15) is 18.7 Å². The Balaban J connectivity index is 2.34. The van der Waals surface area contributed by atoms with Crippen molar-refractivity contribution in [2.24, 2.45) is 0 Å². The van der Waals surface area contributed by atoms with E-state index in [0.717, 1.165) is 16.7 Å². The van der Waals surface area contributed by atoms with Crippen LogP contribution in [0, 0.1) is 6.92 Å². The quantitative estimate of drug-likeness (QED) is 0.786. The van der Waals surface area contributed by atoms with Crippen LogP contribution in [0.4, 0.5) is 0 Å². The fourth-order valence-corrected chi connectivity index (χ4v) is 2.03. The molecule has 0 aliphatic heterocycles. The molecule has 94 valence electrons. The van der Waals surface area contributed by atoms with E-state index in [1.54, 1.807) is 0 Å². The van der Waals surface area contributed by atoms with E-state index in [4.69, 9.17) is 16.3 Å². The maximum atomic E-state index is 10.3. The number of carbonyl (C=O) groups excluding carboxylic acids is 1. The molecule has 1 unspecified atom stereocenters. The van der Waals surface area contributed by atoms with Gasteiger partial charge in [-0.2, -0.15) is 0 Å². The molecule has 0 saturated carbocycles. The SMILES string of the molecule is Cc1ccc(Cl)cc1-c1ccn(C(C)OC=O)c1. The summed E-state index contributed by atoms with van der Waals surface area (Å²) in [7, 11) is 0. The van der Waals surface area contributed by atoms with Gasteiger partial charge in [-0.05, 0) is 48.7 Å². The van der Waals surface area contributed by atoms with Crippen molar-refractivity contribution in [2.45, 2.75) is 20.1 Å². The molecule has 0 amide bonds. The molecule has 1 aromatic heterocycles. The third-order valence-electron chi connectivity index (χ3n) is 2.90. The molecule has 1 atom stereocenters. The van der Waals surface area contributed by atoms with Crippen molar-refractivity contribution >= 4 is 18.1 Å². The lowest BCUT2D eigenvalue weighted by molar-refractivity contribution is -0.136. The standard InChI is InChI=1S/C14H14ClNO2/c1-10-3-4-13(15)7-14(10)12-5-6-16(8-12)11(2)18-9-17/h3-9,11H,1-2H3. The van der Waals surface area contributed by atoms with Crippen molar-refractivity contribution in [2.75, 3.05) is 0 Å². The second kappa shape index (κ2) is 5.27. The second-order valence-electron chi connectivity index (χ2n) is 4.14. The largest absolute Gasteiger partial charge is 0.444 e. The highest BCUT2D eigenvalue weighted by atomic mass is 35.5. The summed E-state index contributed by atoms with van der Waals surface area (Å²) in [6.45, 7) is 4.30. The van der Waals surface area contributed by atoms with Crippen molar-refractivity contribution in [3.05, 3.63) is 47.2 Å². The molecule has 0 aliphatic carbocycles. The van der Waals surface area contributed by atoms with Crippen LogP contribution in [-0.2, 0) is 9.53 Å². The number of carbonyl (C=O) groups is 1. The van der Waals surface area contributed by atoms with E-state index in [1.165, 1.54) is 0 Å². The second-order valence-corrected chi connectivity index (χ2v) is 4.57. The molecular formula is C14H14ClNO2. The zero-order valence-electron chi connectivity index (χ0n) is 10.3. The lowest BCUT2D eigenvalue weighted by atomic mass is 10.0. The molecule has 4 heteroatoms. The van der Waals surface area contributed by atoms with Gasteiger partial charge in [-0.1, -0.05) is 17.7 Å². The van der Waals surface area contributed by atoms with Gasteiger partial charge in [0.25, 0.3) is 6.47 Å². The highest BCUT2D eigenvalue weighted by Crippen LogP contribution is 2.27. The summed E-state index contributed by atoms with van der Waals surface area (Å²) in [5.41, 5.74) is 3.29. The van der Waals surface area contributed by atoms with Crippen LogP contribution in [0.3, 0.4) is 0 Å². The summed E-state index contributed by atoms with van der Waals surface area (Å²) < 4.78 is 6.72. The molecule has 1 aromatic carbocycles. The van der Waals surface area contributed by atoms with E-state index in [1.807, 2.05) is 55.1 Å². The van der Waals surface area contributed by atoms with Crippen LogP contribution < -0.4 is 0 Å². The summed E-state index contributed by atoms with van der Waals surface area (Å²) in [6, 6.07) is 7.76. The monoisotopic (exact) mass is 263 g/mol. The van der Waals surface area contributed by atoms with Gasteiger partial charge in [0.05, 0.1) is 0 Å². The molecule has 2 aromatic rings. The van der Waals surface area contributed by atoms with Crippen LogP contribution in [0.5, 0.6) is 0 Å². The Hall–Kier alpha value is -1.74. The van der Waals surface area contributed by atoms with Crippen LogP contribution in [0.2, 0.25) is 5.02 Å². The third kappa shape index (κ3) is 2.57. The number of halogens is 1. The zero-order chi connectivity index (χ0) is 13.1. The number of hydrogen-bond acceptors (Lipinski definition) is 2. The highest BCUT2D eigenvalue weighted by molar-refractivity contribution is 6.30. The van der Waals surface area contributed by atoms with Crippen LogP contribution in [0.25, 0.3) is 11.1 Å². The molecule has 3 nitrogen and oxygen atoms in total. The normalized spacial score (nSPS) is 12.2. The van der Waals surface area contributed by atoms with Crippen LogP contribution >= 0.6 is 11.6 Å². The predicted octanol–water partition coefficient (Wildman–Crippen LogP) is 3.81. The highest BCUT2D eigenvalue weighted by Gasteiger charge is 2.08. The predicted molar refractivity (Wildman–Crippen MR) is 71.5 cm³/mol. The summed E-state index contributed by atoms with van der Waals surface area (Å²) in [5.74, 6) is 0. The van der Waals surface area contributed by atoms with E-state index in [2.05, 4.69) is 0 Å². The number of benzene rings is 1. The summed E-state index contributed by atoms with van der Waals surface area (Å²) in [6.07, 6.45) is 3.51. The first-order valence-corrected chi connectivity index (χ1v) is 6.02. The molecule has 0 radical (unpaired) electrons. The van der Waals surface area contributed by atoms with E-state index in [-0.39, 0.29) is 6.23 Å². The minimum absolute atomic E-state index is 0.309. The Morgan fingerprint density at radius 2 is 2.17 bits per heavy atom. The fraction of sp³-hybridized carbons (Fsp3) is 0.214. The topological polar surface area (TPSA) is 31.2 Å². The first-order valence-electron chi connectivity index (χ1n) is 5.65. The Morgan fingerprint density at radius 1 is 1.39 bits per heavy atom. The maximum Gasteiger partial charge on any atom is 0.295 e. The van der Waals surface area contributed by atoms with Gasteiger partial charge in [-0.25, -0.2) is 0 Å².